The van der Waals surface area contributed by atoms with Crippen LogP contribution in [0, 0.1) is 0 Å². The summed E-state index contributed by atoms with van der Waals surface area (Å²) in [4.78, 5) is 5.97. The van der Waals surface area contributed by atoms with Crippen molar-refractivity contribution in [1.29, 1.82) is 0 Å². The lowest BCUT2D eigenvalue weighted by Crippen LogP contribution is -2.56. The smallest absolute Gasteiger partial charge is 0.280 e. The zero-order chi connectivity index (χ0) is 13.2. The largest absolute Gasteiger partial charge is 0.364 e. The van der Waals surface area contributed by atoms with Gasteiger partial charge in [-0.1, -0.05) is 6.92 Å². The van der Waals surface area contributed by atoms with E-state index in [9.17, 15) is 8.78 Å². The van der Waals surface area contributed by atoms with Crippen molar-refractivity contribution < 1.29 is 10.2 Å². The maximum Gasteiger partial charge on any atom is 0.280 e. The molecule has 1 fully saturated rings. The van der Waals surface area contributed by atoms with E-state index >= 15 is 0 Å². The first-order chi connectivity index (χ1) is 8.56. The molecule has 0 radical (unpaired) electrons. The fraction of sp³-hybridized carbons (Fsp3) is 0.615. The van der Waals surface area contributed by atoms with Crippen molar-refractivity contribution in [3.05, 3.63) is 24.0 Å². The van der Waals surface area contributed by atoms with Crippen LogP contribution < -0.4 is 10.2 Å². The molecule has 102 valence electrons. The topological polar surface area (TPSA) is 28.2 Å². The highest BCUT2D eigenvalue weighted by Crippen LogP contribution is 2.30. The molecule has 0 spiro atoms. The Bertz CT molecular complexity index is 397. The van der Waals surface area contributed by atoms with Crippen LogP contribution in [0.25, 0.3) is 0 Å². The van der Waals surface area contributed by atoms with E-state index in [0.29, 0.717) is 13.0 Å². The highest BCUT2D eigenvalue weighted by Gasteiger charge is 2.43. The molecule has 0 aromatic carbocycles. The maximum absolute atomic E-state index is 13.8. The Kier molecular flexibility index (Phi) is 3.80. The van der Waals surface area contributed by atoms with Crippen molar-refractivity contribution in [3.8, 4) is 0 Å². The van der Waals surface area contributed by atoms with Crippen LogP contribution in [0.5, 0.6) is 0 Å². The molecule has 1 unspecified atom stereocenters. The second-order valence-electron chi connectivity index (χ2n) is 4.67. The molecule has 1 N–H and O–H groups in total. The summed E-state index contributed by atoms with van der Waals surface area (Å²) in [6, 6.07) is 3.05. The van der Waals surface area contributed by atoms with Crippen molar-refractivity contribution in [2.24, 2.45) is 0 Å². The number of rotatable bonds is 3. The van der Waals surface area contributed by atoms with Crippen molar-refractivity contribution in [3.63, 3.8) is 0 Å². The standard InChI is InChI=1S/C13H19F2N3.H2/c1-3-10-4-5-11(8-17-10)18-7-6-12(16-2)13(14,15)9-18;/h4-5,8,12,16H,3,6-7,9H2,1-2H3;1H. The molecule has 0 saturated carbocycles. The van der Waals surface area contributed by atoms with E-state index in [2.05, 4.69) is 10.3 Å². The van der Waals surface area contributed by atoms with E-state index in [0.717, 1.165) is 17.8 Å². The molecule has 18 heavy (non-hydrogen) atoms. The Labute approximate surface area is 108 Å². The number of aromatic nitrogens is 1. The van der Waals surface area contributed by atoms with Gasteiger partial charge in [0.25, 0.3) is 5.92 Å². The second-order valence-corrected chi connectivity index (χ2v) is 4.67. The molecule has 1 aromatic rings. The SMILES string of the molecule is CCc1ccc(N2CCC(NC)C(F)(F)C2)cn1.[HH]. The van der Waals surface area contributed by atoms with Crippen molar-refractivity contribution in [2.45, 2.75) is 31.7 Å². The van der Waals surface area contributed by atoms with Gasteiger partial charge in [0.2, 0.25) is 0 Å². The van der Waals surface area contributed by atoms with E-state index in [-0.39, 0.29) is 7.97 Å². The molecule has 0 bridgehead atoms. The van der Waals surface area contributed by atoms with Crippen LogP contribution in [0.15, 0.2) is 18.3 Å². The van der Waals surface area contributed by atoms with Crippen LogP contribution in [0.2, 0.25) is 0 Å². The summed E-state index contributed by atoms with van der Waals surface area (Å²) in [7, 11) is 1.59. The summed E-state index contributed by atoms with van der Waals surface area (Å²) < 4.78 is 27.7. The average molecular weight is 257 g/mol. The molecule has 0 amide bonds. The van der Waals surface area contributed by atoms with Crippen molar-refractivity contribution in [1.82, 2.24) is 10.3 Å². The minimum absolute atomic E-state index is 0. The molecule has 1 saturated heterocycles. The summed E-state index contributed by atoms with van der Waals surface area (Å²) in [6.45, 7) is 2.41. The Morgan fingerprint density at radius 3 is 2.83 bits per heavy atom. The van der Waals surface area contributed by atoms with Gasteiger partial charge in [0, 0.05) is 13.7 Å². The summed E-state index contributed by atoms with van der Waals surface area (Å²) in [5.74, 6) is -2.70. The van der Waals surface area contributed by atoms with E-state index in [1.165, 1.54) is 0 Å². The highest BCUT2D eigenvalue weighted by molar-refractivity contribution is 5.45. The number of hydrogen-bond donors (Lipinski definition) is 1. The summed E-state index contributed by atoms with van der Waals surface area (Å²) in [5, 5.41) is 2.69. The van der Waals surface area contributed by atoms with Crippen LogP contribution in [-0.4, -0.2) is 37.1 Å². The maximum atomic E-state index is 13.8. The first-order valence-corrected chi connectivity index (χ1v) is 6.32. The number of piperidine rings is 1. The van der Waals surface area contributed by atoms with Crippen LogP contribution in [-0.2, 0) is 6.42 Å². The van der Waals surface area contributed by atoms with E-state index in [1.54, 1.807) is 18.1 Å². The minimum Gasteiger partial charge on any atom is -0.364 e. The summed E-state index contributed by atoms with van der Waals surface area (Å²) in [5.41, 5.74) is 1.76. The quantitative estimate of drug-likeness (QED) is 0.900. The summed E-state index contributed by atoms with van der Waals surface area (Å²) >= 11 is 0. The fourth-order valence-electron chi connectivity index (χ4n) is 2.33. The molecule has 2 rings (SSSR count). The fourth-order valence-corrected chi connectivity index (χ4v) is 2.33. The van der Waals surface area contributed by atoms with Crippen LogP contribution >= 0.6 is 0 Å². The number of pyridine rings is 1. The molecule has 1 aromatic heterocycles. The molecule has 2 heterocycles. The van der Waals surface area contributed by atoms with Crippen LogP contribution in [0.4, 0.5) is 14.5 Å². The monoisotopic (exact) mass is 257 g/mol. The summed E-state index contributed by atoms with van der Waals surface area (Å²) in [6.07, 6.45) is 2.99. The molecule has 1 aliphatic heterocycles. The van der Waals surface area contributed by atoms with E-state index in [4.69, 9.17) is 0 Å². The Morgan fingerprint density at radius 2 is 2.33 bits per heavy atom. The lowest BCUT2D eigenvalue weighted by Gasteiger charge is -2.39. The molecule has 1 aliphatic rings. The number of nitrogens with zero attached hydrogens (tertiary/aromatic N) is 2. The second kappa shape index (κ2) is 5.18. The third kappa shape index (κ3) is 2.61. The third-order valence-electron chi connectivity index (χ3n) is 3.48. The molecule has 1 atom stereocenters. The normalized spacial score (nSPS) is 23.1. The molecular weight excluding hydrogens is 236 g/mol. The van der Waals surface area contributed by atoms with Gasteiger partial charge in [0.15, 0.2) is 0 Å². The van der Waals surface area contributed by atoms with Gasteiger partial charge >= 0.3 is 0 Å². The zero-order valence-electron chi connectivity index (χ0n) is 10.8. The lowest BCUT2D eigenvalue weighted by atomic mass is 10.0. The Balaban J connectivity index is 0.00000180. The third-order valence-corrected chi connectivity index (χ3v) is 3.48. The van der Waals surface area contributed by atoms with E-state index in [1.807, 2.05) is 19.1 Å². The number of halogens is 2. The number of hydrogen-bond acceptors (Lipinski definition) is 3. The lowest BCUT2D eigenvalue weighted by molar-refractivity contribution is -0.0402. The predicted octanol–water partition coefficient (Wildman–Crippen LogP) is 2.32. The number of anilines is 1. The minimum atomic E-state index is -2.70. The van der Waals surface area contributed by atoms with Crippen LogP contribution in [0.1, 0.15) is 20.5 Å². The number of alkyl halides is 2. The number of aryl methyl sites for hydroxylation is 1. The van der Waals surface area contributed by atoms with Gasteiger partial charge in [-0.2, -0.15) is 0 Å². The van der Waals surface area contributed by atoms with E-state index < -0.39 is 12.0 Å². The molecule has 3 nitrogen and oxygen atoms in total. The Morgan fingerprint density at radius 1 is 1.56 bits per heavy atom. The van der Waals surface area contributed by atoms with Gasteiger partial charge in [0.05, 0.1) is 24.5 Å². The van der Waals surface area contributed by atoms with Gasteiger partial charge in [-0.05, 0) is 32.0 Å². The average Bonchev–Trinajstić information content (AvgIpc) is 2.37. The van der Waals surface area contributed by atoms with Crippen LogP contribution in [0.3, 0.4) is 0 Å². The van der Waals surface area contributed by atoms with Crippen molar-refractivity contribution >= 4 is 5.69 Å². The first kappa shape index (κ1) is 13.2. The highest BCUT2D eigenvalue weighted by atomic mass is 19.3. The van der Waals surface area contributed by atoms with Gasteiger partial charge in [-0.3, -0.25) is 4.98 Å². The van der Waals surface area contributed by atoms with Gasteiger partial charge < -0.3 is 10.2 Å². The predicted molar refractivity (Wildman–Crippen MR) is 70.4 cm³/mol. The van der Waals surface area contributed by atoms with Gasteiger partial charge in [-0.25, -0.2) is 8.78 Å². The van der Waals surface area contributed by atoms with Gasteiger partial charge in [0.1, 0.15) is 0 Å². The Hall–Kier alpha value is -1.23. The van der Waals surface area contributed by atoms with Crippen molar-refractivity contribution in [2.75, 3.05) is 25.0 Å². The molecular formula is C13H21F2N3. The molecule has 0 aliphatic carbocycles. The first-order valence-electron chi connectivity index (χ1n) is 6.32. The number of nitrogens with one attached hydrogen (secondary N) is 1. The van der Waals surface area contributed by atoms with Gasteiger partial charge in [-0.15, -0.1) is 0 Å². The molecule has 5 heteroatoms. The zero-order valence-corrected chi connectivity index (χ0v) is 10.8.